The van der Waals surface area contributed by atoms with Crippen molar-refractivity contribution in [3.63, 3.8) is 0 Å². The van der Waals surface area contributed by atoms with Crippen LogP contribution in [0, 0.1) is 25.5 Å². The third-order valence-corrected chi connectivity index (χ3v) is 8.13. The van der Waals surface area contributed by atoms with E-state index in [9.17, 15) is 23.9 Å². The van der Waals surface area contributed by atoms with Crippen LogP contribution in [0.15, 0.2) is 48.0 Å². The van der Waals surface area contributed by atoms with Crippen LogP contribution in [-0.4, -0.2) is 73.6 Å². The van der Waals surface area contributed by atoms with Gasteiger partial charge in [-0.3, -0.25) is 19.0 Å². The number of piperazine rings is 1. The SMILES string of the molecule is C=CC(=O)N1C[C@@H]2C(=O)N(C)c3c(c4cc(F)c(-c5c(O)cccc5F)nc4n(-c4c(C)ncnc4C)c3=O)N2C[C@H]1C. The van der Waals surface area contributed by atoms with Crippen molar-refractivity contribution in [3.8, 4) is 22.7 Å². The van der Waals surface area contributed by atoms with Gasteiger partial charge in [-0.15, -0.1) is 0 Å². The Morgan fingerprint density at radius 2 is 1.77 bits per heavy atom. The average molecular weight is 588 g/mol. The number of halogens is 2. The van der Waals surface area contributed by atoms with Crippen LogP contribution >= 0.6 is 0 Å². The number of benzene rings is 1. The molecule has 43 heavy (non-hydrogen) atoms. The second-order valence-corrected chi connectivity index (χ2v) is 10.7. The number of pyridine rings is 2. The Labute approximate surface area is 244 Å². The molecule has 2 aliphatic heterocycles. The number of likely N-dealkylation sites (N-methyl/N-ethyl adjacent to an activating group) is 1. The predicted octanol–water partition coefficient (Wildman–Crippen LogP) is 3.01. The number of aromatic nitrogens is 4. The Balaban J connectivity index is 1.74. The molecule has 220 valence electrons. The Kier molecular flexibility index (Phi) is 6.48. The van der Waals surface area contributed by atoms with Crippen molar-refractivity contribution in [3.05, 3.63) is 76.6 Å². The van der Waals surface area contributed by atoms with Crippen LogP contribution in [-0.2, 0) is 9.59 Å². The molecule has 0 aliphatic carbocycles. The molecule has 1 aromatic carbocycles. The lowest BCUT2D eigenvalue weighted by molar-refractivity contribution is -0.130. The summed E-state index contributed by atoms with van der Waals surface area (Å²) in [5, 5.41) is 10.6. The summed E-state index contributed by atoms with van der Waals surface area (Å²) in [5.41, 5.74) is -0.364. The van der Waals surface area contributed by atoms with Crippen LogP contribution in [0.3, 0.4) is 0 Å². The van der Waals surface area contributed by atoms with Crippen molar-refractivity contribution < 1.29 is 23.5 Å². The molecule has 1 saturated heterocycles. The Morgan fingerprint density at radius 1 is 1.07 bits per heavy atom. The van der Waals surface area contributed by atoms with E-state index in [0.29, 0.717) is 11.4 Å². The lowest BCUT2D eigenvalue weighted by atomic mass is 9.98. The van der Waals surface area contributed by atoms with E-state index in [1.807, 2.05) is 0 Å². The molecule has 2 atom stereocenters. The summed E-state index contributed by atoms with van der Waals surface area (Å²) in [6.07, 6.45) is 2.51. The van der Waals surface area contributed by atoms with Crippen LogP contribution in [0.1, 0.15) is 18.3 Å². The second-order valence-electron chi connectivity index (χ2n) is 10.7. The highest BCUT2D eigenvalue weighted by Gasteiger charge is 2.46. The first kappa shape index (κ1) is 27.9. The Hall–Kier alpha value is -5.20. The summed E-state index contributed by atoms with van der Waals surface area (Å²) >= 11 is 0. The van der Waals surface area contributed by atoms with Crippen molar-refractivity contribution in [1.82, 2.24) is 24.4 Å². The highest BCUT2D eigenvalue weighted by atomic mass is 19.1. The number of hydrogen-bond donors (Lipinski definition) is 1. The van der Waals surface area contributed by atoms with E-state index in [2.05, 4.69) is 21.5 Å². The van der Waals surface area contributed by atoms with Crippen LogP contribution < -0.4 is 15.4 Å². The van der Waals surface area contributed by atoms with Gasteiger partial charge in [-0.2, -0.15) is 0 Å². The minimum absolute atomic E-state index is 0.0149. The highest BCUT2D eigenvalue weighted by Crippen LogP contribution is 2.43. The molecule has 2 amide bonds. The summed E-state index contributed by atoms with van der Waals surface area (Å²) in [6.45, 7) is 8.85. The molecule has 0 spiro atoms. The standard InChI is InChI=1S/C30H27F2N7O4/c1-6-22(41)37-12-20-29(42)36(5)27-26(38(20)11-14(37)2)17-10-19(32)24(23-18(31)8-7-9-21(23)40)35-28(17)39(30(27)43)25-15(3)33-13-34-16(25)4/h6-10,13-14,20,40H,1,11-12H2,2-5H3/t14-,20-/m1/s1. The monoisotopic (exact) mass is 587 g/mol. The molecular formula is C30H27F2N7O4. The van der Waals surface area contributed by atoms with E-state index in [-0.39, 0.29) is 53.1 Å². The average Bonchev–Trinajstić information content (AvgIpc) is 2.96. The minimum Gasteiger partial charge on any atom is -0.507 e. The van der Waals surface area contributed by atoms with Gasteiger partial charge in [0.1, 0.15) is 35.3 Å². The van der Waals surface area contributed by atoms with Gasteiger partial charge in [-0.05, 0) is 45.0 Å². The van der Waals surface area contributed by atoms with Gasteiger partial charge < -0.3 is 19.8 Å². The van der Waals surface area contributed by atoms with Crippen molar-refractivity contribution in [2.24, 2.45) is 0 Å². The molecule has 4 aromatic rings. The van der Waals surface area contributed by atoms with Crippen LogP contribution in [0.25, 0.3) is 28.0 Å². The van der Waals surface area contributed by atoms with Gasteiger partial charge in [-0.1, -0.05) is 12.6 Å². The molecular weight excluding hydrogens is 560 g/mol. The number of fused-ring (bicyclic) bond motifs is 5. The Morgan fingerprint density at radius 3 is 2.42 bits per heavy atom. The summed E-state index contributed by atoms with van der Waals surface area (Å²) in [6, 6.07) is 3.41. The van der Waals surface area contributed by atoms with Gasteiger partial charge in [-0.25, -0.2) is 23.7 Å². The largest absolute Gasteiger partial charge is 0.507 e. The predicted molar refractivity (Wildman–Crippen MR) is 155 cm³/mol. The summed E-state index contributed by atoms with van der Waals surface area (Å²) in [7, 11) is 1.45. The van der Waals surface area contributed by atoms with Gasteiger partial charge in [0.05, 0.1) is 34.9 Å². The third kappa shape index (κ3) is 4.06. The molecule has 2 aliphatic rings. The van der Waals surface area contributed by atoms with E-state index in [4.69, 9.17) is 0 Å². The van der Waals surface area contributed by atoms with Crippen molar-refractivity contribution >= 4 is 34.2 Å². The molecule has 0 saturated carbocycles. The first-order valence-electron chi connectivity index (χ1n) is 13.5. The number of anilines is 2. The molecule has 0 radical (unpaired) electrons. The van der Waals surface area contributed by atoms with Crippen LogP contribution in [0.5, 0.6) is 5.75 Å². The normalized spacial score (nSPS) is 18.1. The maximum absolute atomic E-state index is 16.0. The highest BCUT2D eigenvalue weighted by molar-refractivity contribution is 6.12. The van der Waals surface area contributed by atoms with Gasteiger partial charge in [0.25, 0.3) is 11.5 Å². The number of amides is 2. The summed E-state index contributed by atoms with van der Waals surface area (Å²) in [4.78, 5) is 58.2. The maximum atomic E-state index is 16.0. The first-order chi connectivity index (χ1) is 20.5. The van der Waals surface area contributed by atoms with Crippen LogP contribution in [0.2, 0.25) is 0 Å². The van der Waals surface area contributed by atoms with Crippen LogP contribution in [0.4, 0.5) is 20.2 Å². The fourth-order valence-electron chi connectivity index (χ4n) is 6.08. The van der Waals surface area contributed by atoms with Gasteiger partial charge in [0.2, 0.25) is 5.91 Å². The molecule has 1 N–H and O–H groups in total. The third-order valence-electron chi connectivity index (χ3n) is 8.13. The fraction of sp³-hybridized carbons (Fsp3) is 0.267. The van der Waals surface area contributed by atoms with Gasteiger partial charge in [0, 0.05) is 25.0 Å². The fourth-order valence-corrected chi connectivity index (χ4v) is 6.08. The molecule has 11 nitrogen and oxygen atoms in total. The Bertz CT molecular complexity index is 1900. The number of aromatic hydroxyl groups is 1. The molecule has 0 bridgehead atoms. The summed E-state index contributed by atoms with van der Waals surface area (Å²) < 4.78 is 32.2. The van der Waals surface area contributed by atoms with E-state index in [0.717, 1.165) is 12.1 Å². The maximum Gasteiger partial charge on any atom is 0.283 e. The number of carbonyl (C=O) groups is 2. The lowest BCUT2D eigenvalue weighted by Crippen LogP contribution is -2.66. The second kappa shape index (κ2) is 9.96. The minimum atomic E-state index is -0.956. The first-order valence-corrected chi connectivity index (χ1v) is 13.5. The zero-order valence-corrected chi connectivity index (χ0v) is 23.8. The summed E-state index contributed by atoms with van der Waals surface area (Å²) in [5.74, 6) is -3.16. The molecule has 6 rings (SSSR count). The van der Waals surface area contributed by atoms with Gasteiger partial charge in [0.15, 0.2) is 11.5 Å². The number of carbonyl (C=O) groups excluding carboxylic acids is 2. The molecule has 5 heterocycles. The molecule has 1 fully saturated rings. The van der Waals surface area contributed by atoms with E-state index in [1.54, 1.807) is 25.7 Å². The number of rotatable bonds is 3. The number of phenols is 1. The quantitative estimate of drug-likeness (QED) is 0.363. The van der Waals surface area contributed by atoms with E-state index in [1.165, 1.54) is 46.0 Å². The molecule has 0 unspecified atom stereocenters. The van der Waals surface area contributed by atoms with E-state index >= 15 is 4.39 Å². The molecule has 13 heteroatoms. The zero-order chi connectivity index (χ0) is 30.9. The zero-order valence-electron chi connectivity index (χ0n) is 23.8. The number of hydrogen-bond acceptors (Lipinski definition) is 8. The van der Waals surface area contributed by atoms with E-state index < -0.39 is 46.1 Å². The number of nitrogens with zero attached hydrogens (tertiary/aromatic N) is 7. The van der Waals surface area contributed by atoms with Crippen molar-refractivity contribution in [2.75, 3.05) is 29.9 Å². The molecule has 3 aromatic heterocycles. The smallest absolute Gasteiger partial charge is 0.283 e. The number of phenolic OH excluding ortho intramolecular Hbond substituents is 1. The van der Waals surface area contributed by atoms with Gasteiger partial charge >= 0.3 is 0 Å². The topological polar surface area (TPSA) is 125 Å². The van der Waals surface area contributed by atoms with Crippen molar-refractivity contribution in [1.29, 1.82) is 0 Å². The van der Waals surface area contributed by atoms with Crippen molar-refractivity contribution in [2.45, 2.75) is 32.9 Å². The lowest BCUT2D eigenvalue weighted by Gasteiger charge is -2.49. The number of aryl methyl sites for hydroxylation is 2.